The van der Waals surface area contributed by atoms with Gasteiger partial charge in [-0.2, -0.15) is 0 Å². The minimum absolute atomic E-state index is 0.00901. The molecule has 2 aromatic carbocycles. The first-order chi connectivity index (χ1) is 14.1. The van der Waals surface area contributed by atoms with Gasteiger partial charge in [0.15, 0.2) is 11.4 Å². The third kappa shape index (κ3) is 2.84. The lowest BCUT2D eigenvalue weighted by atomic mass is 9.96. The van der Waals surface area contributed by atoms with E-state index in [-0.39, 0.29) is 23.8 Å². The van der Waals surface area contributed by atoms with Crippen LogP contribution < -0.4 is 5.43 Å². The number of amides is 1. The first-order valence-electron chi connectivity index (χ1n) is 9.74. The number of rotatable bonds is 3. The Hall–Kier alpha value is -3.38. The van der Waals surface area contributed by atoms with Gasteiger partial charge in [-0.3, -0.25) is 14.5 Å². The van der Waals surface area contributed by atoms with Gasteiger partial charge in [0.1, 0.15) is 6.17 Å². The Kier molecular flexibility index (Phi) is 4.21. The van der Waals surface area contributed by atoms with Crippen LogP contribution in [-0.4, -0.2) is 44.6 Å². The summed E-state index contributed by atoms with van der Waals surface area (Å²) in [5, 5.41) is 10.2. The lowest BCUT2D eigenvalue weighted by Crippen LogP contribution is -2.51. The fraction of sp³-hybridized carbons (Fsp3) is 0.217. The van der Waals surface area contributed by atoms with Crippen LogP contribution in [0.4, 0.5) is 0 Å². The zero-order chi connectivity index (χ0) is 20.0. The number of carbonyl (C=O) groups excluding carboxylic acids is 1. The molecule has 29 heavy (non-hydrogen) atoms. The predicted octanol–water partition coefficient (Wildman–Crippen LogP) is 2.44. The van der Waals surface area contributed by atoms with Crippen molar-refractivity contribution < 1.29 is 9.90 Å². The molecule has 1 atom stereocenters. The zero-order valence-electron chi connectivity index (χ0n) is 15.8. The van der Waals surface area contributed by atoms with E-state index >= 15 is 0 Å². The average Bonchev–Trinajstić information content (AvgIpc) is 3.17. The molecule has 2 aliphatic heterocycles. The van der Waals surface area contributed by atoms with Gasteiger partial charge in [0.2, 0.25) is 5.43 Å². The standard InChI is InChI=1S/C23H21N3O3/c27-18-11-12-24-15-19-25(13-14-26(19)23(29)21(24)22(18)28)20(16-7-3-1-4-8-16)17-9-5-2-6-10-17/h1-12,19-20,28H,13-15H2. The largest absolute Gasteiger partial charge is 0.503 e. The Morgan fingerprint density at radius 3 is 2.10 bits per heavy atom. The molecule has 0 saturated carbocycles. The number of aromatic hydroxyl groups is 1. The molecule has 1 saturated heterocycles. The lowest BCUT2D eigenvalue weighted by molar-refractivity contribution is 0.0453. The van der Waals surface area contributed by atoms with Gasteiger partial charge in [-0.25, -0.2) is 0 Å². The van der Waals surface area contributed by atoms with Crippen LogP contribution in [0, 0.1) is 0 Å². The normalized spacial score (nSPS) is 18.7. The molecule has 0 spiro atoms. The first-order valence-corrected chi connectivity index (χ1v) is 9.74. The SMILES string of the molecule is O=C1c2c(O)c(=O)ccn2CC2N1CCN2C(c1ccccc1)c1ccccc1. The third-order valence-corrected chi connectivity index (χ3v) is 5.88. The maximum Gasteiger partial charge on any atom is 0.275 e. The zero-order valence-corrected chi connectivity index (χ0v) is 15.8. The maximum absolute atomic E-state index is 13.1. The van der Waals surface area contributed by atoms with E-state index in [1.807, 2.05) is 36.4 Å². The maximum atomic E-state index is 13.1. The Morgan fingerprint density at radius 1 is 0.862 bits per heavy atom. The average molecular weight is 387 g/mol. The van der Waals surface area contributed by atoms with Crippen molar-refractivity contribution in [2.24, 2.45) is 0 Å². The van der Waals surface area contributed by atoms with Gasteiger partial charge < -0.3 is 14.6 Å². The monoisotopic (exact) mass is 387 g/mol. The quantitative estimate of drug-likeness (QED) is 0.750. The summed E-state index contributed by atoms with van der Waals surface area (Å²) < 4.78 is 1.70. The van der Waals surface area contributed by atoms with Crippen LogP contribution >= 0.6 is 0 Å². The number of aromatic nitrogens is 1. The smallest absolute Gasteiger partial charge is 0.275 e. The van der Waals surface area contributed by atoms with E-state index in [2.05, 4.69) is 29.2 Å². The van der Waals surface area contributed by atoms with Gasteiger partial charge >= 0.3 is 0 Å². The molecule has 1 amide bonds. The summed E-state index contributed by atoms with van der Waals surface area (Å²) in [7, 11) is 0. The molecule has 1 fully saturated rings. The summed E-state index contributed by atoms with van der Waals surface area (Å²) in [5.74, 6) is -0.754. The molecule has 0 radical (unpaired) electrons. The van der Waals surface area contributed by atoms with Crippen LogP contribution in [0.2, 0.25) is 0 Å². The molecule has 2 aliphatic rings. The number of hydrogen-bond donors (Lipinski definition) is 1. The molecule has 0 aliphatic carbocycles. The van der Waals surface area contributed by atoms with Crippen molar-refractivity contribution in [1.82, 2.24) is 14.4 Å². The van der Waals surface area contributed by atoms with E-state index in [9.17, 15) is 14.7 Å². The van der Waals surface area contributed by atoms with Crippen molar-refractivity contribution >= 4 is 5.91 Å². The van der Waals surface area contributed by atoms with Crippen molar-refractivity contribution in [1.29, 1.82) is 0 Å². The van der Waals surface area contributed by atoms with Crippen molar-refractivity contribution in [2.75, 3.05) is 13.1 Å². The number of fused-ring (bicyclic) bond motifs is 2. The molecule has 146 valence electrons. The highest BCUT2D eigenvalue weighted by Gasteiger charge is 2.44. The molecule has 3 aromatic rings. The summed E-state index contributed by atoms with van der Waals surface area (Å²) >= 11 is 0. The molecule has 3 heterocycles. The molecule has 1 aromatic heterocycles. The second kappa shape index (κ2) is 6.90. The number of hydrogen-bond acceptors (Lipinski definition) is 4. The molecule has 6 nitrogen and oxygen atoms in total. The fourth-order valence-corrected chi connectivity index (χ4v) is 4.54. The van der Waals surface area contributed by atoms with E-state index in [1.54, 1.807) is 15.7 Å². The van der Waals surface area contributed by atoms with Crippen molar-refractivity contribution in [3.63, 3.8) is 0 Å². The summed E-state index contributed by atoms with van der Waals surface area (Å²) in [4.78, 5) is 29.0. The Balaban J connectivity index is 1.58. The Labute approximate surface area is 168 Å². The molecular formula is C23H21N3O3. The van der Waals surface area contributed by atoms with Gasteiger partial charge in [-0.1, -0.05) is 60.7 Å². The van der Waals surface area contributed by atoms with Crippen LogP contribution in [0.3, 0.4) is 0 Å². The van der Waals surface area contributed by atoms with Crippen LogP contribution in [0.5, 0.6) is 5.75 Å². The highest BCUT2D eigenvalue weighted by Crippen LogP contribution is 2.36. The summed E-state index contributed by atoms with van der Waals surface area (Å²) in [6, 6.07) is 21.9. The minimum atomic E-state index is -0.523. The molecule has 6 heteroatoms. The van der Waals surface area contributed by atoms with Gasteiger partial charge in [0.05, 0.1) is 12.6 Å². The first kappa shape index (κ1) is 17.7. The molecule has 5 rings (SSSR count). The van der Waals surface area contributed by atoms with Crippen LogP contribution in [0.15, 0.2) is 77.7 Å². The van der Waals surface area contributed by atoms with Gasteiger partial charge in [0, 0.05) is 25.4 Å². The number of nitrogens with zero attached hydrogens (tertiary/aromatic N) is 3. The van der Waals surface area contributed by atoms with Crippen molar-refractivity contribution in [3.05, 3.63) is 100.0 Å². The van der Waals surface area contributed by atoms with Crippen molar-refractivity contribution in [2.45, 2.75) is 18.8 Å². The third-order valence-electron chi connectivity index (χ3n) is 5.88. The number of benzene rings is 2. The van der Waals surface area contributed by atoms with E-state index < -0.39 is 11.2 Å². The van der Waals surface area contributed by atoms with Crippen molar-refractivity contribution in [3.8, 4) is 5.75 Å². The van der Waals surface area contributed by atoms with Gasteiger partial charge in [-0.15, -0.1) is 0 Å². The Bertz CT molecular complexity index is 1070. The topological polar surface area (TPSA) is 65.8 Å². The summed E-state index contributed by atoms with van der Waals surface area (Å²) in [6.07, 6.45) is 1.45. The van der Waals surface area contributed by atoms with E-state index in [0.717, 1.165) is 0 Å². The van der Waals surface area contributed by atoms with E-state index in [0.29, 0.717) is 19.6 Å². The lowest BCUT2D eigenvalue weighted by Gasteiger charge is -2.39. The molecule has 0 bridgehead atoms. The predicted molar refractivity (Wildman–Crippen MR) is 109 cm³/mol. The van der Waals surface area contributed by atoms with Gasteiger partial charge in [-0.05, 0) is 11.1 Å². The van der Waals surface area contributed by atoms with E-state index in [1.165, 1.54) is 17.2 Å². The second-order valence-electron chi connectivity index (χ2n) is 7.47. The summed E-state index contributed by atoms with van der Waals surface area (Å²) in [6.45, 7) is 1.78. The second-order valence-corrected chi connectivity index (χ2v) is 7.47. The number of pyridine rings is 1. The molecule has 1 N–H and O–H groups in total. The molecule has 1 unspecified atom stereocenters. The fourth-order valence-electron chi connectivity index (χ4n) is 4.54. The van der Waals surface area contributed by atoms with Crippen LogP contribution in [0.1, 0.15) is 27.7 Å². The van der Waals surface area contributed by atoms with Gasteiger partial charge in [0.25, 0.3) is 5.91 Å². The van der Waals surface area contributed by atoms with Crippen LogP contribution in [0.25, 0.3) is 0 Å². The molecular weight excluding hydrogens is 366 g/mol. The highest BCUT2D eigenvalue weighted by atomic mass is 16.3. The Morgan fingerprint density at radius 2 is 1.48 bits per heavy atom. The highest BCUT2D eigenvalue weighted by molar-refractivity contribution is 5.96. The van der Waals surface area contributed by atoms with E-state index in [4.69, 9.17) is 0 Å². The van der Waals surface area contributed by atoms with Crippen LogP contribution in [-0.2, 0) is 6.54 Å². The number of carbonyl (C=O) groups is 1. The minimum Gasteiger partial charge on any atom is -0.503 e. The summed E-state index contributed by atoms with van der Waals surface area (Å²) in [5.41, 5.74) is 1.90.